The minimum Gasteiger partial charge on any atom is -0.383 e. The summed E-state index contributed by atoms with van der Waals surface area (Å²) in [6.45, 7) is 0. The van der Waals surface area contributed by atoms with Crippen molar-refractivity contribution in [3.05, 3.63) is 58.7 Å². The first-order valence-electron chi connectivity index (χ1n) is 5.84. The highest BCUT2D eigenvalue weighted by Crippen LogP contribution is 2.14. The van der Waals surface area contributed by atoms with E-state index in [2.05, 4.69) is 4.98 Å². The zero-order valence-corrected chi connectivity index (χ0v) is 10.8. The van der Waals surface area contributed by atoms with Gasteiger partial charge in [0.25, 0.3) is 0 Å². The van der Waals surface area contributed by atoms with Crippen LogP contribution in [-0.4, -0.2) is 11.0 Å². The lowest BCUT2D eigenvalue weighted by Crippen LogP contribution is -2.26. The van der Waals surface area contributed by atoms with Crippen LogP contribution in [0.1, 0.15) is 11.1 Å². The van der Waals surface area contributed by atoms with E-state index in [9.17, 15) is 0 Å². The molecule has 0 spiro atoms. The second-order valence-corrected chi connectivity index (χ2v) is 4.78. The Morgan fingerprint density at radius 2 is 1.83 bits per heavy atom. The first-order valence-corrected chi connectivity index (χ1v) is 6.22. The van der Waals surface area contributed by atoms with Crippen LogP contribution < -0.4 is 11.5 Å². The van der Waals surface area contributed by atoms with E-state index in [4.69, 9.17) is 23.1 Å². The van der Waals surface area contributed by atoms with E-state index in [-0.39, 0.29) is 6.04 Å². The summed E-state index contributed by atoms with van der Waals surface area (Å²) < 4.78 is 0. The van der Waals surface area contributed by atoms with Crippen LogP contribution in [0.5, 0.6) is 0 Å². The lowest BCUT2D eigenvalue weighted by molar-refractivity contribution is 0.664. The first-order chi connectivity index (χ1) is 8.65. The molecular formula is C14H16ClN3. The lowest BCUT2D eigenvalue weighted by atomic mass is 10.0. The van der Waals surface area contributed by atoms with Crippen molar-refractivity contribution < 1.29 is 0 Å². The molecule has 0 radical (unpaired) electrons. The largest absolute Gasteiger partial charge is 0.383 e. The van der Waals surface area contributed by atoms with Gasteiger partial charge in [-0.2, -0.15) is 0 Å². The predicted octanol–water partition coefficient (Wildman–Crippen LogP) is 2.43. The van der Waals surface area contributed by atoms with Gasteiger partial charge in [-0.1, -0.05) is 29.8 Å². The number of hydrogen-bond donors (Lipinski definition) is 2. The molecule has 3 nitrogen and oxygen atoms in total. The number of anilines is 1. The molecule has 0 fully saturated rings. The number of aromatic nitrogens is 1. The van der Waals surface area contributed by atoms with Crippen LogP contribution in [0.4, 0.5) is 5.82 Å². The Morgan fingerprint density at radius 3 is 2.50 bits per heavy atom. The van der Waals surface area contributed by atoms with Crippen molar-refractivity contribution in [2.24, 2.45) is 5.73 Å². The normalized spacial score (nSPS) is 12.3. The molecule has 0 aliphatic carbocycles. The van der Waals surface area contributed by atoms with E-state index in [1.807, 2.05) is 36.4 Å². The molecule has 1 heterocycles. The Kier molecular flexibility index (Phi) is 4.18. The molecule has 18 heavy (non-hydrogen) atoms. The smallest absolute Gasteiger partial charge is 0.126 e. The van der Waals surface area contributed by atoms with E-state index >= 15 is 0 Å². The molecule has 4 heteroatoms. The number of nitrogens with zero attached hydrogens (tertiary/aromatic N) is 1. The molecule has 94 valence electrons. The van der Waals surface area contributed by atoms with Gasteiger partial charge in [0.05, 0.1) is 0 Å². The summed E-state index contributed by atoms with van der Waals surface area (Å²) in [5, 5.41) is 0.740. The molecule has 0 amide bonds. The fourth-order valence-electron chi connectivity index (χ4n) is 1.90. The van der Waals surface area contributed by atoms with Crippen molar-refractivity contribution in [3.63, 3.8) is 0 Å². The third-order valence-corrected chi connectivity index (χ3v) is 3.07. The van der Waals surface area contributed by atoms with Crippen molar-refractivity contribution in [1.29, 1.82) is 0 Å². The number of rotatable bonds is 4. The van der Waals surface area contributed by atoms with E-state index in [0.29, 0.717) is 5.82 Å². The molecular weight excluding hydrogens is 246 g/mol. The van der Waals surface area contributed by atoms with Crippen molar-refractivity contribution in [2.45, 2.75) is 18.9 Å². The Balaban J connectivity index is 1.99. The number of hydrogen-bond acceptors (Lipinski definition) is 3. The van der Waals surface area contributed by atoms with Gasteiger partial charge in [-0.15, -0.1) is 0 Å². The van der Waals surface area contributed by atoms with Gasteiger partial charge in [-0.3, -0.25) is 0 Å². The average Bonchev–Trinajstić information content (AvgIpc) is 2.35. The standard InChI is InChI=1S/C14H16ClN3/c15-12-5-3-10(4-6-12)8-13(16)9-11-2-1-7-18-14(11)17/h1-7,13H,8-9,16H2,(H2,17,18). The molecule has 4 N–H and O–H groups in total. The van der Waals surface area contributed by atoms with E-state index < -0.39 is 0 Å². The summed E-state index contributed by atoms with van der Waals surface area (Å²) in [4.78, 5) is 4.06. The SMILES string of the molecule is Nc1ncccc1CC(N)Cc1ccc(Cl)cc1. The maximum absolute atomic E-state index is 6.13. The summed E-state index contributed by atoms with van der Waals surface area (Å²) in [6, 6.07) is 11.6. The van der Waals surface area contributed by atoms with Gasteiger partial charge in [-0.05, 0) is 42.2 Å². The number of nitrogens with two attached hydrogens (primary N) is 2. The first kappa shape index (κ1) is 12.9. The molecule has 2 aromatic rings. The summed E-state index contributed by atoms with van der Waals surface area (Å²) in [7, 11) is 0. The van der Waals surface area contributed by atoms with Gasteiger partial charge < -0.3 is 11.5 Å². The van der Waals surface area contributed by atoms with Gasteiger partial charge in [0.15, 0.2) is 0 Å². The molecule has 0 saturated carbocycles. The highest BCUT2D eigenvalue weighted by molar-refractivity contribution is 6.30. The van der Waals surface area contributed by atoms with E-state index in [1.54, 1.807) is 6.20 Å². The molecule has 0 aliphatic heterocycles. The summed E-state index contributed by atoms with van der Waals surface area (Å²) >= 11 is 5.84. The fourth-order valence-corrected chi connectivity index (χ4v) is 2.03. The van der Waals surface area contributed by atoms with Crippen LogP contribution >= 0.6 is 11.6 Å². The van der Waals surface area contributed by atoms with Crippen molar-refractivity contribution >= 4 is 17.4 Å². The maximum atomic E-state index is 6.13. The second-order valence-electron chi connectivity index (χ2n) is 4.34. The monoisotopic (exact) mass is 261 g/mol. The molecule has 1 atom stereocenters. The summed E-state index contributed by atoms with van der Waals surface area (Å²) in [5.74, 6) is 0.559. The van der Waals surface area contributed by atoms with Crippen molar-refractivity contribution in [3.8, 4) is 0 Å². The number of nitrogen functional groups attached to an aromatic ring is 1. The molecule has 2 rings (SSSR count). The van der Waals surface area contributed by atoms with Crippen LogP contribution in [0.2, 0.25) is 5.02 Å². The van der Waals surface area contributed by atoms with Gasteiger partial charge in [0.2, 0.25) is 0 Å². The molecule has 1 aromatic carbocycles. The predicted molar refractivity (Wildman–Crippen MR) is 75.5 cm³/mol. The van der Waals surface area contributed by atoms with E-state index in [0.717, 1.165) is 23.4 Å². The quantitative estimate of drug-likeness (QED) is 0.888. The van der Waals surface area contributed by atoms with Crippen LogP contribution in [0.15, 0.2) is 42.6 Å². The molecule has 1 unspecified atom stereocenters. The van der Waals surface area contributed by atoms with Crippen molar-refractivity contribution in [2.75, 3.05) is 5.73 Å². The Morgan fingerprint density at radius 1 is 1.11 bits per heavy atom. The van der Waals surface area contributed by atoms with Crippen molar-refractivity contribution in [1.82, 2.24) is 4.98 Å². The number of halogens is 1. The minimum atomic E-state index is 0.0256. The molecule has 0 aliphatic rings. The third kappa shape index (κ3) is 3.45. The van der Waals surface area contributed by atoms with Gasteiger partial charge in [0.1, 0.15) is 5.82 Å². The summed E-state index contributed by atoms with van der Waals surface area (Å²) in [6.07, 6.45) is 3.21. The van der Waals surface area contributed by atoms with Gasteiger partial charge in [0, 0.05) is 17.3 Å². The Bertz CT molecular complexity index is 511. The molecule has 1 aromatic heterocycles. The highest BCUT2D eigenvalue weighted by atomic mass is 35.5. The highest BCUT2D eigenvalue weighted by Gasteiger charge is 2.08. The minimum absolute atomic E-state index is 0.0256. The molecule has 0 saturated heterocycles. The summed E-state index contributed by atoms with van der Waals surface area (Å²) in [5.41, 5.74) is 14.1. The van der Waals surface area contributed by atoms with E-state index in [1.165, 1.54) is 5.56 Å². The number of benzene rings is 1. The maximum Gasteiger partial charge on any atom is 0.126 e. The Hall–Kier alpha value is -1.58. The zero-order valence-electron chi connectivity index (χ0n) is 10.0. The van der Waals surface area contributed by atoms with Gasteiger partial charge >= 0.3 is 0 Å². The number of pyridine rings is 1. The van der Waals surface area contributed by atoms with Gasteiger partial charge in [-0.25, -0.2) is 4.98 Å². The molecule has 0 bridgehead atoms. The Labute approximate surface area is 112 Å². The zero-order chi connectivity index (χ0) is 13.0. The lowest BCUT2D eigenvalue weighted by Gasteiger charge is -2.12. The average molecular weight is 262 g/mol. The third-order valence-electron chi connectivity index (χ3n) is 2.82. The van der Waals surface area contributed by atoms with Crippen LogP contribution in [0.3, 0.4) is 0 Å². The van der Waals surface area contributed by atoms with Crippen LogP contribution in [0, 0.1) is 0 Å². The van der Waals surface area contributed by atoms with Crippen LogP contribution in [0.25, 0.3) is 0 Å². The van der Waals surface area contributed by atoms with Crippen LogP contribution in [-0.2, 0) is 12.8 Å². The second kappa shape index (κ2) is 5.85. The fraction of sp³-hybridized carbons (Fsp3) is 0.214. The topological polar surface area (TPSA) is 64.9 Å².